The van der Waals surface area contributed by atoms with Crippen molar-refractivity contribution in [3.8, 4) is 6.07 Å². The summed E-state index contributed by atoms with van der Waals surface area (Å²) in [4.78, 5) is 11.0. The first kappa shape index (κ1) is 13.8. The van der Waals surface area contributed by atoms with Crippen molar-refractivity contribution >= 4 is 5.95 Å². The molecular formula is C14H21N5. The van der Waals surface area contributed by atoms with Gasteiger partial charge in [-0.15, -0.1) is 0 Å². The van der Waals surface area contributed by atoms with Crippen LogP contribution in [0.1, 0.15) is 37.6 Å². The second-order valence-electron chi connectivity index (χ2n) is 5.24. The van der Waals surface area contributed by atoms with Crippen molar-refractivity contribution in [3.63, 3.8) is 0 Å². The number of nitrogens with zero attached hydrogens (tertiary/aromatic N) is 4. The average molecular weight is 259 g/mol. The summed E-state index contributed by atoms with van der Waals surface area (Å²) in [5.74, 6) is 0.557. The zero-order valence-electron chi connectivity index (χ0n) is 11.7. The van der Waals surface area contributed by atoms with Crippen LogP contribution in [-0.2, 0) is 0 Å². The highest BCUT2D eigenvalue weighted by molar-refractivity contribution is 5.33. The number of aryl methyl sites for hydroxylation is 1. The maximum atomic E-state index is 8.91. The van der Waals surface area contributed by atoms with E-state index in [-0.39, 0.29) is 6.04 Å². The van der Waals surface area contributed by atoms with Crippen molar-refractivity contribution < 1.29 is 0 Å². The zero-order chi connectivity index (χ0) is 13.7. The molecule has 2 rings (SSSR count). The first-order valence-electron chi connectivity index (χ1n) is 6.92. The maximum absolute atomic E-state index is 8.91. The summed E-state index contributed by atoms with van der Waals surface area (Å²) in [6.45, 7) is 7.38. The Kier molecular flexibility index (Phi) is 4.69. The molecule has 1 unspecified atom stereocenters. The van der Waals surface area contributed by atoms with E-state index in [1.165, 1.54) is 32.4 Å². The van der Waals surface area contributed by atoms with Crippen LogP contribution in [0.2, 0.25) is 0 Å². The van der Waals surface area contributed by atoms with E-state index in [0.29, 0.717) is 11.6 Å². The minimum absolute atomic E-state index is 0.284. The van der Waals surface area contributed by atoms with Crippen LogP contribution in [0.3, 0.4) is 0 Å². The Morgan fingerprint density at radius 3 is 2.79 bits per heavy atom. The zero-order valence-corrected chi connectivity index (χ0v) is 11.7. The molecule has 0 bridgehead atoms. The molecule has 0 amide bonds. The van der Waals surface area contributed by atoms with Crippen LogP contribution in [-0.4, -0.2) is 40.5 Å². The van der Waals surface area contributed by atoms with Gasteiger partial charge in [0.1, 0.15) is 11.8 Å². The summed E-state index contributed by atoms with van der Waals surface area (Å²) < 4.78 is 0. The van der Waals surface area contributed by atoms with Crippen LogP contribution < -0.4 is 5.32 Å². The van der Waals surface area contributed by atoms with Gasteiger partial charge in [0.05, 0.1) is 0 Å². The van der Waals surface area contributed by atoms with Gasteiger partial charge >= 0.3 is 0 Å². The van der Waals surface area contributed by atoms with E-state index < -0.39 is 0 Å². The highest BCUT2D eigenvalue weighted by Crippen LogP contribution is 2.11. The molecule has 0 spiro atoms. The Bertz CT molecular complexity index is 459. The van der Waals surface area contributed by atoms with E-state index in [4.69, 9.17) is 5.26 Å². The van der Waals surface area contributed by atoms with Gasteiger partial charge in [-0.05, 0) is 45.8 Å². The number of aromatic nitrogens is 2. The topological polar surface area (TPSA) is 64.8 Å². The Morgan fingerprint density at radius 2 is 2.11 bits per heavy atom. The van der Waals surface area contributed by atoms with Gasteiger partial charge in [-0.25, -0.2) is 9.97 Å². The fraction of sp³-hybridized carbons (Fsp3) is 0.643. The highest BCUT2D eigenvalue weighted by Gasteiger charge is 2.14. The number of rotatable bonds is 4. The quantitative estimate of drug-likeness (QED) is 0.895. The first-order chi connectivity index (χ1) is 9.17. The predicted octanol–water partition coefficient (Wildman–Crippen LogP) is 1.94. The molecule has 1 aliphatic rings. The number of nitriles is 1. The smallest absolute Gasteiger partial charge is 0.224 e. The predicted molar refractivity (Wildman–Crippen MR) is 74.9 cm³/mol. The Hall–Kier alpha value is -1.67. The first-order valence-corrected chi connectivity index (χ1v) is 6.92. The minimum Gasteiger partial charge on any atom is -0.350 e. The van der Waals surface area contributed by atoms with Crippen molar-refractivity contribution in [2.75, 3.05) is 25.0 Å². The van der Waals surface area contributed by atoms with Crippen molar-refractivity contribution in [3.05, 3.63) is 17.5 Å². The summed E-state index contributed by atoms with van der Waals surface area (Å²) in [7, 11) is 0. The largest absolute Gasteiger partial charge is 0.350 e. The normalized spacial score (nSPS) is 17.7. The van der Waals surface area contributed by atoms with Gasteiger partial charge in [0.2, 0.25) is 5.95 Å². The lowest BCUT2D eigenvalue weighted by atomic mass is 10.1. The van der Waals surface area contributed by atoms with Gasteiger partial charge in [-0.1, -0.05) is 6.42 Å². The standard InChI is InChI=1S/C14H21N5/c1-11-8-13(9-15)18-14(16-11)17-12(2)10-19-6-4-3-5-7-19/h8,12H,3-7,10H2,1-2H3,(H,16,17,18). The molecule has 0 aromatic carbocycles. The van der Waals surface area contributed by atoms with Crippen molar-refractivity contribution in [1.29, 1.82) is 5.26 Å². The lowest BCUT2D eigenvalue weighted by molar-refractivity contribution is 0.223. The third-order valence-corrected chi connectivity index (χ3v) is 3.33. The lowest BCUT2D eigenvalue weighted by Crippen LogP contribution is -2.38. The summed E-state index contributed by atoms with van der Waals surface area (Å²) in [6.07, 6.45) is 3.95. The molecule has 102 valence electrons. The number of hydrogen-bond donors (Lipinski definition) is 1. The Balaban J connectivity index is 1.92. The summed E-state index contributed by atoms with van der Waals surface area (Å²) in [6, 6.07) is 4.04. The molecular weight excluding hydrogens is 238 g/mol. The number of hydrogen-bond acceptors (Lipinski definition) is 5. The number of anilines is 1. The van der Waals surface area contributed by atoms with Crippen molar-refractivity contribution in [2.45, 2.75) is 39.2 Å². The van der Waals surface area contributed by atoms with Gasteiger partial charge in [-0.2, -0.15) is 5.26 Å². The van der Waals surface area contributed by atoms with Crippen LogP contribution in [0.5, 0.6) is 0 Å². The fourth-order valence-electron chi connectivity index (χ4n) is 2.49. The highest BCUT2D eigenvalue weighted by atomic mass is 15.2. The van der Waals surface area contributed by atoms with E-state index in [9.17, 15) is 0 Å². The molecule has 0 saturated carbocycles. The van der Waals surface area contributed by atoms with Crippen LogP contribution in [0, 0.1) is 18.3 Å². The van der Waals surface area contributed by atoms with E-state index in [1.807, 2.05) is 6.92 Å². The lowest BCUT2D eigenvalue weighted by Gasteiger charge is -2.29. The molecule has 5 nitrogen and oxygen atoms in total. The van der Waals surface area contributed by atoms with Crippen molar-refractivity contribution in [1.82, 2.24) is 14.9 Å². The van der Waals surface area contributed by atoms with Gasteiger partial charge in [0.25, 0.3) is 0 Å². The Labute approximate surface area is 114 Å². The molecule has 1 N–H and O–H groups in total. The van der Waals surface area contributed by atoms with E-state index in [2.05, 4.69) is 33.2 Å². The summed E-state index contributed by atoms with van der Waals surface area (Å²) in [5, 5.41) is 12.2. The maximum Gasteiger partial charge on any atom is 0.224 e. The number of piperidine rings is 1. The molecule has 5 heteroatoms. The SMILES string of the molecule is Cc1cc(C#N)nc(NC(C)CN2CCCCC2)n1. The molecule has 1 fully saturated rings. The van der Waals surface area contributed by atoms with Gasteiger partial charge in [0.15, 0.2) is 0 Å². The number of likely N-dealkylation sites (tertiary alicyclic amines) is 1. The number of nitrogens with one attached hydrogen (secondary N) is 1. The van der Waals surface area contributed by atoms with Gasteiger partial charge < -0.3 is 10.2 Å². The molecule has 0 radical (unpaired) electrons. The molecule has 19 heavy (non-hydrogen) atoms. The third-order valence-electron chi connectivity index (χ3n) is 3.33. The molecule has 1 atom stereocenters. The fourth-order valence-corrected chi connectivity index (χ4v) is 2.49. The molecule has 1 aromatic heterocycles. The monoisotopic (exact) mass is 259 g/mol. The van der Waals surface area contributed by atoms with E-state index in [0.717, 1.165) is 12.2 Å². The molecule has 1 saturated heterocycles. The Morgan fingerprint density at radius 1 is 1.37 bits per heavy atom. The summed E-state index contributed by atoms with van der Waals surface area (Å²) in [5.41, 5.74) is 1.24. The van der Waals surface area contributed by atoms with Crippen LogP contribution in [0.25, 0.3) is 0 Å². The molecule has 2 heterocycles. The van der Waals surface area contributed by atoms with Crippen LogP contribution in [0.15, 0.2) is 6.07 Å². The average Bonchev–Trinajstić information content (AvgIpc) is 2.38. The molecule has 1 aromatic rings. The van der Waals surface area contributed by atoms with Crippen LogP contribution in [0.4, 0.5) is 5.95 Å². The minimum atomic E-state index is 0.284. The third kappa shape index (κ3) is 4.18. The van der Waals surface area contributed by atoms with Crippen LogP contribution >= 0.6 is 0 Å². The van der Waals surface area contributed by atoms with Gasteiger partial charge in [0, 0.05) is 18.3 Å². The van der Waals surface area contributed by atoms with Gasteiger partial charge in [-0.3, -0.25) is 0 Å². The molecule has 1 aliphatic heterocycles. The van der Waals surface area contributed by atoms with E-state index in [1.54, 1.807) is 6.07 Å². The molecule has 0 aliphatic carbocycles. The summed E-state index contributed by atoms with van der Waals surface area (Å²) >= 11 is 0. The second-order valence-corrected chi connectivity index (χ2v) is 5.24. The second kappa shape index (κ2) is 6.48. The van der Waals surface area contributed by atoms with Crippen molar-refractivity contribution in [2.24, 2.45) is 0 Å². The van der Waals surface area contributed by atoms with E-state index >= 15 is 0 Å².